The van der Waals surface area contributed by atoms with Gasteiger partial charge in [0.1, 0.15) is 6.04 Å². The summed E-state index contributed by atoms with van der Waals surface area (Å²) in [6.45, 7) is 3.54. The van der Waals surface area contributed by atoms with Crippen LogP contribution in [0.25, 0.3) is 0 Å². The molecule has 0 aliphatic carbocycles. The maximum atomic E-state index is 13.0. The molecule has 10 heteroatoms. The molecule has 1 fully saturated rings. The lowest BCUT2D eigenvalue weighted by Crippen LogP contribution is -2.54. The zero-order valence-electron chi connectivity index (χ0n) is 19.5. The number of halogens is 1. The van der Waals surface area contributed by atoms with Crippen molar-refractivity contribution < 1.29 is 23.9 Å². The highest BCUT2D eigenvalue weighted by Crippen LogP contribution is 2.32. The maximum absolute atomic E-state index is 13.0. The summed E-state index contributed by atoms with van der Waals surface area (Å²) in [6, 6.07) is 11.0. The number of rotatable bonds is 7. The second kappa shape index (κ2) is 11.3. The van der Waals surface area contributed by atoms with Crippen molar-refractivity contribution in [2.45, 2.75) is 32.2 Å². The van der Waals surface area contributed by atoms with Gasteiger partial charge in [-0.3, -0.25) is 9.59 Å². The highest BCUT2D eigenvalue weighted by Gasteiger charge is 2.34. The number of hydrogen-bond acceptors (Lipinski definition) is 5. The normalized spacial score (nSPS) is 15.9. The molecule has 1 unspecified atom stereocenters. The quantitative estimate of drug-likeness (QED) is 0.538. The van der Waals surface area contributed by atoms with Gasteiger partial charge in [-0.25, -0.2) is 4.79 Å². The van der Waals surface area contributed by atoms with Crippen molar-refractivity contribution in [3.05, 3.63) is 53.1 Å². The van der Waals surface area contributed by atoms with Crippen LogP contribution in [0.4, 0.5) is 10.5 Å². The molecule has 0 saturated carbocycles. The Morgan fingerprint density at radius 3 is 2.60 bits per heavy atom. The van der Waals surface area contributed by atoms with Gasteiger partial charge in [-0.1, -0.05) is 24.6 Å². The lowest BCUT2D eigenvalue weighted by Gasteiger charge is -2.35. The van der Waals surface area contributed by atoms with E-state index < -0.39 is 6.04 Å². The van der Waals surface area contributed by atoms with Crippen LogP contribution in [-0.2, 0) is 4.79 Å². The zero-order chi connectivity index (χ0) is 24.8. The Kier molecular flexibility index (Phi) is 7.97. The van der Waals surface area contributed by atoms with Crippen molar-refractivity contribution >= 4 is 35.1 Å². The molecule has 2 aromatic carbocycles. The van der Waals surface area contributed by atoms with Gasteiger partial charge in [0.25, 0.3) is 5.91 Å². The van der Waals surface area contributed by atoms with E-state index in [4.69, 9.17) is 21.1 Å². The highest BCUT2D eigenvalue weighted by molar-refractivity contribution is 6.30. The summed E-state index contributed by atoms with van der Waals surface area (Å²) in [4.78, 5) is 40.4. The van der Waals surface area contributed by atoms with Crippen LogP contribution in [-0.4, -0.2) is 55.2 Å². The van der Waals surface area contributed by atoms with Gasteiger partial charge in [-0.15, -0.1) is 0 Å². The number of benzene rings is 2. The molecule has 4 rings (SSSR count). The Balaban J connectivity index is 1.39. The highest BCUT2D eigenvalue weighted by atomic mass is 35.5. The molecular formula is C25H29ClN4O5. The first-order valence-electron chi connectivity index (χ1n) is 11.7. The summed E-state index contributed by atoms with van der Waals surface area (Å²) in [6.07, 6.45) is 1.94. The van der Waals surface area contributed by atoms with E-state index >= 15 is 0 Å². The van der Waals surface area contributed by atoms with E-state index in [9.17, 15) is 14.4 Å². The van der Waals surface area contributed by atoms with E-state index in [0.717, 1.165) is 6.42 Å². The fourth-order valence-corrected chi connectivity index (χ4v) is 4.41. The van der Waals surface area contributed by atoms with Crippen LogP contribution < -0.4 is 25.4 Å². The fraction of sp³-hybridized carbons (Fsp3) is 0.400. The molecule has 0 spiro atoms. The Morgan fingerprint density at radius 1 is 1.09 bits per heavy atom. The standard InChI is InChI=1S/C25H29ClN4O5/c1-2-10-27-24(32)22(29-23(31)17-6-7-20-21(13-17)35-15-34-20)16-8-11-30(12-9-16)25(33)28-19-5-3-4-18(26)14-19/h3-7,13-14,16,22H,2,8-12,15H2,1H3,(H,27,32)(H,28,33)(H,29,31). The third-order valence-electron chi connectivity index (χ3n) is 6.13. The molecule has 0 radical (unpaired) electrons. The number of likely N-dealkylation sites (tertiary alicyclic amines) is 1. The molecule has 0 aromatic heterocycles. The minimum atomic E-state index is -0.711. The number of fused-ring (bicyclic) bond motifs is 1. The molecule has 2 heterocycles. The first-order chi connectivity index (χ1) is 16.9. The number of nitrogens with zero attached hydrogens (tertiary/aromatic N) is 1. The van der Waals surface area contributed by atoms with E-state index in [1.165, 1.54) is 0 Å². The number of urea groups is 1. The average Bonchev–Trinajstić information content (AvgIpc) is 3.34. The minimum absolute atomic E-state index is 0.111. The Morgan fingerprint density at radius 2 is 1.86 bits per heavy atom. The maximum Gasteiger partial charge on any atom is 0.321 e. The van der Waals surface area contributed by atoms with Gasteiger partial charge in [0, 0.05) is 35.9 Å². The number of carbonyl (C=O) groups excluding carboxylic acids is 3. The number of hydrogen-bond donors (Lipinski definition) is 3. The number of nitrogens with one attached hydrogen (secondary N) is 3. The molecule has 3 N–H and O–H groups in total. The first-order valence-corrected chi connectivity index (χ1v) is 12.1. The average molecular weight is 501 g/mol. The van der Waals surface area contributed by atoms with E-state index in [0.29, 0.717) is 60.2 Å². The summed E-state index contributed by atoms with van der Waals surface area (Å²) in [5, 5.41) is 9.20. The summed E-state index contributed by atoms with van der Waals surface area (Å²) in [7, 11) is 0. The smallest absolute Gasteiger partial charge is 0.321 e. The van der Waals surface area contributed by atoms with Crippen LogP contribution in [0.15, 0.2) is 42.5 Å². The Hall–Kier alpha value is -3.46. The summed E-state index contributed by atoms with van der Waals surface area (Å²) in [5.41, 5.74) is 1.01. The van der Waals surface area contributed by atoms with Crippen molar-refractivity contribution in [2.75, 3.05) is 31.7 Å². The second-order valence-electron chi connectivity index (χ2n) is 8.58. The molecule has 1 saturated heterocycles. The Labute approximate surface area is 209 Å². The molecular weight excluding hydrogens is 472 g/mol. The zero-order valence-corrected chi connectivity index (χ0v) is 20.3. The third-order valence-corrected chi connectivity index (χ3v) is 6.36. The number of ether oxygens (including phenoxy) is 2. The summed E-state index contributed by atoms with van der Waals surface area (Å²) < 4.78 is 10.7. The molecule has 2 aromatic rings. The second-order valence-corrected chi connectivity index (χ2v) is 9.01. The number of amides is 4. The SMILES string of the molecule is CCCNC(=O)C(NC(=O)c1ccc2c(c1)OCO2)C1CCN(C(=O)Nc2cccc(Cl)c2)CC1. The molecule has 4 amide bonds. The molecule has 2 aliphatic heterocycles. The van der Waals surface area contributed by atoms with Gasteiger partial charge in [0.05, 0.1) is 0 Å². The lowest BCUT2D eigenvalue weighted by atomic mass is 9.88. The van der Waals surface area contributed by atoms with Crippen molar-refractivity contribution in [2.24, 2.45) is 5.92 Å². The first kappa shape index (κ1) is 24.7. The molecule has 0 bridgehead atoms. The predicted molar refractivity (Wildman–Crippen MR) is 132 cm³/mol. The van der Waals surface area contributed by atoms with Gasteiger partial charge in [0.2, 0.25) is 12.7 Å². The summed E-state index contributed by atoms with van der Waals surface area (Å²) >= 11 is 6.00. The van der Waals surface area contributed by atoms with Crippen molar-refractivity contribution in [3.8, 4) is 11.5 Å². The van der Waals surface area contributed by atoms with Crippen molar-refractivity contribution in [1.82, 2.24) is 15.5 Å². The minimum Gasteiger partial charge on any atom is -0.454 e. The van der Waals surface area contributed by atoms with Gasteiger partial charge in [0.15, 0.2) is 11.5 Å². The number of piperidine rings is 1. The van der Waals surface area contributed by atoms with E-state index in [1.807, 2.05) is 6.92 Å². The van der Waals surface area contributed by atoms with E-state index in [1.54, 1.807) is 47.4 Å². The van der Waals surface area contributed by atoms with Crippen LogP contribution in [0.2, 0.25) is 5.02 Å². The topological polar surface area (TPSA) is 109 Å². The van der Waals surface area contributed by atoms with E-state index in [2.05, 4.69) is 16.0 Å². The lowest BCUT2D eigenvalue weighted by molar-refractivity contribution is -0.124. The number of carbonyl (C=O) groups is 3. The molecule has 1 atom stereocenters. The van der Waals surface area contributed by atoms with Crippen molar-refractivity contribution in [3.63, 3.8) is 0 Å². The summed E-state index contributed by atoms with van der Waals surface area (Å²) in [5.74, 6) is 0.398. The molecule has 186 valence electrons. The van der Waals surface area contributed by atoms with Crippen molar-refractivity contribution in [1.29, 1.82) is 0 Å². The predicted octanol–water partition coefficient (Wildman–Crippen LogP) is 3.64. The van der Waals surface area contributed by atoms with Crippen LogP contribution in [0, 0.1) is 5.92 Å². The van der Waals surface area contributed by atoms with Gasteiger partial charge < -0.3 is 30.3 Å². The van der Waals surface area contributed by atoms with Crippen LogP contribution in [0.1, 0.15) is 36.5 Å². The van der Waals surface area contributed by atoms with Crippen LogP contribution in [0.5, 0.6) is 11.5 Å². The molecule has 9 nitrogen and oxygen atoms in total. The van der Waals surface area contributed by atoms with Crippen LogP contribution in [0.3, 0.4) is 0 Å². The van der Waals surface area contributed by atoms with Gasteiger partial charge >= 0.3 is 6.03 Å². The largest absolute Gasteiger partial charge is 0.454 e. The monoisotopic (exact) mass is 500 g/mol. The van der Waals surface area contributed by atoms with Gasteiger partial charge in [-0.05, 0) is 61.6 Å². The van der Waals surface area contributed by atoms with Gasteiger partial charge in [-0.2, -0.15) is 0 Å². The molecule has 35 heavy (non-hydrogen) atoms. The Bertz CT molecular complexity index is 1090. The number of anilines is 1. The molecule has 2 aliphatic rings. The van der Waals surface area contributed by atoms with Crippen LogP contribution >= 0.6 is 11.6 Å². The fourth-order valence-electron chi connectivity index (χ4n) is 4.22. The van der Waals surface area contributed by atoms with E-state index in [-0.39, 0.29) is 30.6 Å². The third kappa shape index (κ3) is 6.16.